The fourth-order valence-electron chi connectivity index (χ4n) is 5.66. The monoisotopic (exact) mass is 498 g/mol. The van der Waals surface area contributed by atoms with Crippen molar-refractivity contribution in [1.29, 1.82) is 0 Å². The number of rotatable bonds is 4. The van der Waals surface area contributed by atoms with E-state index in [1.54, 1.807) is 12.3 Å². The topological polar surface area (TPSA) is 75.6 Å². The van der Waals surface area contributed by atoms with E-state index in [0.717, 1.165) is 43.3 Å². The number of ether oxygens (including phenoxy) is 1. The SMILES string of the molecule is C[C@@H]1OCC2(CCN(c3cnc(Sc4cccc(N5C(=O)C6CC6C5=O)c4Cl)cn3)CC2)[C@@H]1C. The van der Waals surface area contributed by atoms with Gasteiger partial charge in [0.15, 0.2) is 0 Å². The van der Waals surface area contributed by atoms with Crippen LogP contribution in [0.25, 0.3) is 0 Å². The van der Waals surface area contributed by atoms with Gasteiger partial charge in [-0.3, -0.25) is 9.59 Å². The van der Waals surface area contributed by atoms with E-state index in [9.17, 15) is 9.59 Å². The number of halogens is 1. The van der Waals surface area contributed by atoms with Crippen LogP contribution in [0.15, 0.2) is 40.5 Å². The zero-order valence-electron chi connectivity index (χ0n) is 19.2. The van der Waals surface area contributed by atoms with E-state index in [2.05, 4.69) is 28.7 Å². The number of fused-ring (bicyclic) bond motifs is 1. The Morgan fingerprint density at radius 3 is 2.44 bits per heavy atom. The van der Waals surface area contributed by atoms with E-state index in [1.165, 1.54) is 16.7 Å². The zero-order valence-corrected chi connectivity index (χ0v) is 20.8. The molecule has 34 heavy (non-hydrogen) atoms. The van der Waals surface area contributed by atoms with Crippen molar-refractivity contribution in [3.8, 4) is 0 Å². The van der Waals surface area contributed by atoms with Gasteiger partial charge < -0.3 is 9.64 Å². The summed E-state index contributed by atoms with van der Waals surface area (Å²) in [5, 5.41) is 1.11. The second kappa shape index (κ2) is 8.21. The maximum Gasteiger partial charge on any atom is 0.237 e. The van der Waals surface area contributed by atoms with Crippen molar-refractivity contribution in [3.05, 3.63) is 35.6 Å². The smallest absolute Gasteiger partial charge is 0.237 e. The molecule has 1 aromatic heterocycles. The number of anilines is 2. The Kier molecular flexibility index (Phi) is 5.39. The van der Waals surface area contributed by atoms with Gasteiger partial charge >= 0.3 is 0 Å². The number of imide groups is 1. The highest BCUT2D eigenvalue weighted by Crippen LogP contribution is 2.50. The van der Waals surface area contributed by atoms with Gasteiger partial charge in [-0.25, -0.2) is 14.9 Å². The van der Waals surface area contributed by atoms with Gasteiger partial charge in [-0.2, -0.15) is 0 Å². The van der Waals surface area contributed by atoms with E-state index < -0.39 is 0 Å². The Labute approximate surface area is 208 Å². The van der Waals surface area contributed by atoms with Gasteiger partial charge in [-0.05, 0) is 44.2 Å². The molecule has 0 radical (unpaired) electrons. The normalized spacial score (nSPS) is 29.7. The molecule has 2 aromatic rings. The van der Waals surface area contributed by atoms with Crippen LogP contribution in [0.2, 0.25) is 5.02 Å². The third-order valence-electron chi connectivity index (χ3n) is 8.27. The molecule has 3 saturated heterocycles. The average Bonchev–Trinajstić information content (AvgIpc) is 3.56. The summed E-state index contributed by atoms with van der Waals surface area (Å²) in [6, 6.07) is 5.41. The predicted octanol–water partition coefficient (Wildman–Crippen LogP) is 4.43. The van der Waals surface area contributed by atoms with Crippen LogP contribution in [0, 0.1) is 23.2 Å². The molecular weight excluding hydrogens is 472 g/mol. The summed E-state index contributed by atoms with van der Waals surface area (Å²) < 4.78 is 5.94. The number of aromatic nitrogens is 2. The van der Waals surface area contributed by atoms with E-state index in [0.29, 0.717) is 39.6 Å². The molecule has 1 saturated carbocycles. The average molecular weight is 499 g/mol. The van der Waals surface area contributed by atoms with Crippen LogP contribution in [0.3, 0.4) is 0 Å². The minimum absolute atomic E-state index is 0.139. The fraction of sp³-hybridized carbons (Fsp3) is 0.520. The Morgan fingerprint density at radius 1 is 1.09 bits per heavy atom. The molecule has 178 valence electrons. The van der Waals surface area contributed by atoms with Crippen molar-refractivity contribution in [1.82, 2.24) is 9.97 Å². The van der Waals surface area contributed by atoms with Crippen molar-refractivity contribution >= 4 is 46.7 Å². The fourth-order valence-corrected chi connectivity index (χ4v) is 6.76. The molecular formula is C25H27ClN4O3S. The largest absolute Gasteiger partial charge is 0.378 e. The van der Waals surface area contributed by atoms with Crippen molar-refractivity contribution in [2.75, 3.05) is 29.5 Å². The molecule has 0 N–H and O–H groups in total. The molecule has 1 aromatic carbocycles. The van der Waals surface area contributed by atoms with Crippen molar-refractivity contribution in [3.63, 3.8) is 0 Å². The molecule has 4 heterocycles. The predicted molar refractivity (Wildman–Crippen MR) is 130 cm³/mol. The van der Waals surface area contributed by atoms with Crippen LogP contribution < -0.4 is 9.80 Å². The van der Waals surface area contributed by atoms with E-state index in [4.69, 9.17) is 16.3 Å². The summed E-state index contributed by atoms with van der Waals surface area (Å²) in [7, 11) is 0. The van der Waals surface area contributed by atoms with Gasteiger partial charge in [0.25, 0.3) is 0 Å². The summed E-state index contributed by atoms with van der Waals surface area (Å²) >= 11 is 8.02. The summed E-state index contributed by atoms with van der Waals surface area (Å²) in [6.07, 6.45) is 6.80. The number of amides is 2. The lowest BCUT2D eigenvalue weighted by Gasteiger charge is -2.41. The lowest BCUT2D eigenvalue weighted by Crippen LogP contribution is -2.44. The van der Waals surface area contributed by atoms with Crippen LogP contribution in [0.1, 0.15) is 33.1 Å². The maximum atomic E-state index is 12.5. The summed E-state index contributed by atoms with van der Waals surface area (Å²) in [6.45, 7) is 7.27. The molecule has 4 atom stereocenters. The van der Waals surface area contributed by atoms with Gasteiger partial charge in [0.1, 0.15) is 10.8 Å². The number of hydrogen-bond acceptors (Lipinski definition) is 7. The molecule has 4 aliphatic rings. The number of nitrogens with zero attached hydrogens (tertiary/aromatic N) is 4. The van der Waals surface area contributed by atoms with Gasteiger partial charge in [0, 0.05) is 23.4 Å². The highest BCUT2D eigenvalue weighted by Gasteiger charge is 2.59. The van der Waals surface area contributed by atoms with Crippen molar-refractivity contribution < 1.29 is 14.3 Å². The minimum atomic E-state index is -0.157. The molecule has 6 rings (SSSR count). The number of hydrogen-bond donors (Lipinski definition) is 0. The zero-order chi connectivity index (χ0) is 23.6. The first-order chi connectivity index (χ1) is 16.4. The second-order valence-corrected chi connectivity index (χ2v) is 11.5. The highest BCUT2D eigenvalue weighted by atomic mass is 35.5. The van der Waals surface area contributed by atoms with Gasteiger partial charge in [-0.1, -0.05) is 36.4 Å². The van der Waals surface area contributed by atoms with Crippen LogP contribution >= 0.6 is 23.4 Å². The maximum absolute atomic E-state index is 12.5. The lowest BCUT2D eigenvalue weighted by molar-refractivity contribution is -0.123. The standard InChI is InChI=1S/C25H27ClN4O3S/c1-14-15(2)33-13-25(14)6-8-29(9-7-25)20-11-28-21(12-27-20)34-19-5-3-4-18(22(19)26)30-23(31)16-10-17(16)24(30)32/h3-5,11-12,14-17H,6-10,13H2,1-2H3/t14-,15+,16?,17?/m1/s1. The first-order valence-corrected chi connectivity index (χ1v) is 13.1. The molecule has 2 unspecified atom stereocenters. The molecule has 3 aliphatic heterocycles. The van der Waals surface area contributed by atoms with Crippen molar-refractivity contribution in [2.24, 2.45) is 23.2 Å². The van der Waals surface area contributed by atoms with E-state index in [-0.39, 0.29) is 23.7 Å². The van der Waals surface area contributed by atoms with E-state index >= 15 is 0 Å². The van der Waals surface area contributed by atoms with Crippen molar-refractivity contribution in [2.45, 2.75) is 49.1 Å². The summed E-state index contributed by atoms with van der Waals surface area (Å²) in [5.74, 6) is 0.869. The molecule has 7 nitrogen and oxygen atoms in total. The number of carbonyl (C=O) groups is 2. The number of benzene rings is 1. The molecule has 9 heteroatoms. The Morgan fingerprint density at radius 2 is 1.82 bits per heavy atom. The van der Waals surface area contributed by atoms with Crippen LogP contribution in [0.4, 0.5) is 11.5 Å². The number of carbonyl (C=O) groups excluding carboxylic acids is 2. The van der Waals surface area contributed by atoms with Gasteiger partial charge in [-0.15, -0.1) is 0 Å². The first-order valence-electron chi connectivity index (χ1n) is 11.9. The molecule has 1 aliphatic carbocycles. The molecule has 0 bridgehead atoms. The molecule has 2 amide bonds. The quantitative estimate of drug-likeness (QED) is 0.577. The summed E-state index contributed by atoms with van der Waals surface area (Å²) in [4.78, 5) is 38.5. The van der Waals surface area contributed by atoms with Crippen LogP contribution in [0.5, 0.6) is 0 Å². The third-order valence-corrected chi connectivity index (χ3v) is 9.75. The first kappa shape index (κ1) is 22.3. The summed E-state index contributed by atoms with van der Waals surface area (Å²) in [5.41, 5.74) is 0.750. The highest BCUT2D eigenvalue weighted by molar-refractivity contribution is 7.99. The van der Waals surface area contributed by atoms with Gasteiger partial charge in [0.2, 0.25) is 11.8 Å². The van der Waals surface area contributed by atoms with Gasteiger partial charge in [0.05, 0.1) is 47.7 Å². The second-order valence-electron chi connectivity index (χ2n) is 10.0. The molecule has 1 spiro atoms. The van der Waals surface area contributed by atoms with Crippen LogP contribution in [-0.4, -0.2) is 47.6 Å². The third kappa shape index (κ3) is 3.53. The number of piperidine rings is 2. The van der Waals surface area contributed by atoms with E-state index in [1.807, 2.05) is 18.3 Å². The Hall–Kier alpha value is -2.16. The minimum Gasteiger partial charge on any atom is -0.378 e. The Bertz CT molecular complexity index is 1130. The lowest BCUT2D eigenvalue weighted by atomic mass is 9.70. The van der Waals surface area contributed by atoms with Crippen LogP contribution in [-0.2, 0) is 14.3 Å². The Balaban J connectivity index is 1.14. The molecule has 4 fully saturated rings.